The molecule has 3 aromatic carbocycles. The van der Waals surface area contributed by atoms with Crippen LogP contribution in [-0.2, 0) is 27.2 Å². The molecule has 0 bridgehead atoms. The molecule has 0 saturated heterocycles. The fourth-order valence-electron chi connectivity index (χ4n) is 4.14. The van der Waals surface area contributed by atoms with Crippen LogP contribution >= 0.6 is 0 Å². The highest BCUT2D eigenvalue weighted by atomic mass is 32.2. The second-order valence-electron chi connectivity index (χ2n) is 8.87. The SMILES string of the molecule is CC1(Cc2ccc(C(F)(F)F)cc2)CC(S(=O)(=O)c2ccc(F)cc2)=C(c2ccc(/C(N)=N/O)cc2)O1. The number of nitrogens with zero attached hydrogens (tertiary/aromatic N) is 1. The third-order valence-electron chi connectivity index (χ3n) is 5.99. The highest BCUT2D eigenvalue weighted by Gasteiger charge is 2.43. The second kappa shape index (κ2) is 9.55. The van der Waals surface area contributed by atoms with E-state index in [-0.39, 0.29) is 34.2 Å². The van der Waals surface area contributed by atoms with Crippen LogP contribution in [0.25, 0.3) is 5.76 Å². The Bertz CT molecular complexity index is 1460. The average molecular weight is 535 g/mol. The monoisotopic (exact) mass is 534 g/mol. The van der Waals surface area contributed by atoms with Crippen molar-refractivity contribution in [2.75, 3.05) is 0 Å². The van der Waals surface area contributed by atoms with Gasteiger partial charge in [0.15, 0.2) is 5.84 Å². The van der Waals surface area contributed by atoms with Gasteiger partial charge in [0.25, 0.3) is 0 Å². The zero-order chi connectivity index (χ0) is 27.0. The summed E-state index contributed by atoms with van der Waals surface area (Å²) < 4.78 is 85.7. The molecule has 1 heterocycles. The lowest BCUT2D eigenvalue weighted by Crippen LogP contribution is -2.27. The Balaban J connectivity index is 1.73. The number of hydrogen-bond donors (Lipinski definition) is 2. The van der Waals surface area contributed by atoms with Crippen molar-refractivity contribution in [3.05, 3.63) is 106 Å². The van der Waals surface area contributed by atoms with Crippen LogP contribution in [0.2, 0.25) is 0 Å². The first-order chi connectivity index (χ1) is 17.3. The van der Waals surface area contributed by atoms with Gasteiger partial charge in [-0.25, -0.2) is 12.8 Å². The second-order valence-corrected chi connectivity index (χ2v) is 10.8. The van der Waals surface area contributed by atoms with Gasteiger partial charge in [0, 0.05) is 24.0 Å². The van der Waals surface area contributed by atoms with E-state index in [1.54, 1.807) is 19.1 Å². The van der Waals surface area contributed by atoms with Gasteiger partial charge in [0.1, 0.15) is 17.2 Å². The third kappa shape index (κ3) is 5.46. The van der Waals surface area contributed by atoms with Gasteiger partial charge < -0.3 is 15.7 Å². The maximum atomic E-state index is 13.6. The molecule has 0 fully saturated rings. The zero-order valence-corrected chi connectivity index (χ0v) is 20.3. The molecule has 0 aromatic heterocycles. The zero-order valence-electron chi connectivity index (χ0n) is 19.5. The van der Waals surface area contributed by atoms with Gasteiger partial charge >= 0.3 is 6.18 Å². The summed E-state index contributed by atoms with van der Waals surface area (Å²) in [7, 11) is -4.12. The van der Waals surface area contributed by atoms with E-state index in [9.17, 15) is 26.0 Å². The standard InChI is InChI=1S/C26H22F4N2O4S/c1-25(14-16-2-8-19(9-3-16)26(28,29)30)15-22(37(34,35)21-12-10-20(27)11-13-21)23(36-25)17-4-6-18(7-5-17)24(31)32-33/h2-13,33H,14-15H2,1H3,(H2,31,32). The number of nitrogens with two attached hydrogens (primary N) is 1. The van der Waals surface area contributed by atoms with E-state index in [1.165, 1.54) is 24.3 Å². The van der Waals surface area contributed by atoms with Gasteiger partial charge in [0.05, 0.1) is 15.4 Å². The molecule has 1 aliphatic rings. The van der Waals surface area contributed by atoms with Gasteiger partial charge in [0.2, 0.25) is 9.84 Å². The Morgan fingerprint density at radius 3 is 2.16 bits per heavy atom. The quantitative estimate of drug-likeness (QED) is 0.109. The van der Waals surface area contributed by atoms with Gasteiger partial charge in [-0.15, -0.1) is 0 Å². The molecular weight excluding hydrogens is 512 g/mol. The van der Waals surface area contributed by atoms with Crippen LogP contribution in [0.4, 0.5) is 17.6 Å². The van der Waals surface area contributed by atoms with E-state index in [2.05, 4.69) is 5.16 Å². The van der Waals surface area contributed by atoms with E-state index >= 15 is 0 Å². The van der Waals surface area contributed by atoms with Crippen LogP contribution in [-0.4, -0.2) is 25.1 Å². The van der Waals surface area contributed by atoms with Crippen molar-refractivity contribution in [3.63, 3.8) is 0 Å². The Kier molecular flexibility index (Phi) is 6.76. The molecule has 3 aromatic rings. The minimum Gasteiger partial charge on any atom is -0.485 e. The van der Waals surface area contributed by atoms with Crippen LogP contribution in [0, 0.1) is 5.82 Å². The fraction of sp³-hybridized carbons (Fsp3) is 0.192. The van der Waals surface area contributed by atoms with Gasteiger partial charge in [-0.05, 0) is 48.9 Å². The number of oxime groups is 1. The van der Waals surface area contributed by atoms with E-state index in [1.807, 2.05) is 0 Å². The molecule has 0 saturated carbocycles. The summed E-state index contributed by atoms with van der Waals surface area (Å²) in [4.78, 5) is -0.179. The fourth-order valence-corrected chi connectivity index (χ4v) is 5.82. The topological polar surface area (TPSA) is 102 Å². The number of rotatable bonds is 6. The number of sulfone groups is 1. The van der Waals surface area contributed by atoms with Crippen molar-refractivity contribution in [2.45, 2.75) is 36.4 Å². The van der Waals surface area contributed by atoms with Crippen LogP contribution in [0.1, 0.15) is 35.6 Å². The molecule has 4 rings (SSSR count). The molecule has 194 valence electrons. The van der Waals surface area contributed by atoms with Crippen LogP contribution in [0.15, 0.2) is 87.8 Å². The first kappa shape index (κ1) is 26.2. The van der Waals surface area contributed by atoms with Crippen LogP contribution < -0.4 is 5.73 Å². The average Bonchev–Trinajstić information content (AvgIpc) is 3.21. The summed E-state index contributed by atoms with van der Waals surface area (Å²) in [5, 5.41) is 11.8. The lowest BCUT2D eigenvalue weighted by atomic mass is 9.93. The molecule has 0 radical (unpaired) electrons. The summed E-state index contributed by atoms with van der Waals surface area (Å²) in [5.74, 6) is -0.675. The maximum absolute atomic E-state index is 13.6. The number of hydrogen-bond acceptors (Lipinski definition) is 5. The predicted molar refractivity (Wildman–Crippen MR) is 129 cm³/mol. The summed E-state index contributed by atoms with van der Waals surface area (Å²) in [6, 6.07) is 15.1. The highest BCUT2D eigenvalue weighted by molar-refractivity contribution is 7.95. The number of amidine groups is 1. The first-order valence-corrected chi connectivity index (χ1v) is 12.5. The molecule has 6 nitrogen and oxygen atoms in total. The number of halogens is 4. The molecule has 37 heavy (non-hydrogen) atoms. The van der Waals surface area contributed by atoms with Crippen molar-refractivity contribution in [1.29, 1.82) is 0 Å². The lowest BCUT2D eigenvalue weighted by molar-refractivity contribution is -0.137. The molecule has 0 aliphatic carbocycles. The smallest absolute Gasteiger partial charge is 0.416 e. The minimum absolute atomic E-state index is 0.0509. The normalized spacial score (nSPS) is 18.7. The molecule has 1 atom stereocenters. The molecule has 3 N–H and O–H groups in total. The minimum atomic E-state index is -4.48. The molecular formula is C26H22F4N2O4S. The number of alkyl halides is 3. The Morgan fingerprint density at radius 1 is 1.03 bits per heavy atom. The van der Waals surface area contributed by atoms with E-state index < -0.39 is 33.0 Å². The van der Waals surface area contributed by atoms with Crippen LogP contribution in [0.3, 0.4) is 0 Å². The van der Waals surface area contributed by atoms with E-state index in [0.717, 1.165) is 36.4 Å². The molecule has 0 spiro atoms. The largest absolute Gasteiger partial charge is 0.485 e. The van der Waals surface area contributed by atoms with Gasteiger partial charge in [-0.2, -0.15) is 13.2 Å². The summed E-state index contributed by atoms with van der Waals surface area (Å²) in [5.41, 5.74) is 5.02. The van der Waals surface area contributed by atoms with E-state index in [4.69, 9.17) is 15.7 Å². The van der Waals surface area contributed by atoms with E-state index in [0.29, 0.717) is 16.7 Å². The summed E-state index contributed by atoms with van der Waals surface area (Å²) in [6.07, 6.45) is -4.43. The van der Waals surface area contributed by atoms with Crippen molar-refractivity contribution in [3.8, 4) is 0 Å². The van der Waals surface area contributed by atoms with Crippen molar-refractivity contribution in [1.82, 2.24) is 0 Å². The van der Waals surface area contributed by atoms with Crippen LogP contribution in [0.5, 0.6) is 0 Å². The van der Waals surface area contributed by atoms with Gasteiger partial charge in [-0.3, -0.25) is 0 Å². The predicted octanol–water partition coefficient (Wildman–Crippen LogP) is 5.50. The number of benzene rings is 3. The highest BCUT2D eigenvalue weighted by Crippen LogP contribution is 2.45. The number of ether oxygens (including phenoxy) is 1. The van der Waals surface area contributed by atoms with Gasteiger partial charge in [-0.1, -0.05) is 41.6 Å². The summed E-state index contributed by atoms with van der Waals surface area (Å²) >= 11 is 0. The van der Waals surface area contributed by atoms with Crippen molar-refractivity contribution in [2.24, 2.45) is 10.9 Å². The molecule has 1 aliphatic heterocycles. The van der Waals surface area contributed by atoms with Crippen molar-refractivity contribution >= 4 is 21.4 Å². The third-order valence-corrected chi connectivity index (χ3v) is 7.87. The Labute approximate surface area is 210 Å². The molecule has 1 unspecified atom stereocenters. The maximum Gasteiger partial charge on any atom is 0.416 e. The first-order valence-electron chi connectivity index (χ1n) is 11.0. The Morgan fingerprint density at radius 2 is 1.62 bits per heavy atom. The molecule has 0 amide bonds. The van der Waals surface area contributed by atoms with Crippen molar-refractivity contribution < 1.29 is 35.9 Å². The summed E-state index contributed by atoms with van der Waals surface area (Å²) in [6.45, 7) is 1.67. The molecule has 11 heteroatoms. The Hall–Kier alpha value is -3.86. The lowest BCUT2D eigenvalue weighted by Gasteiger charge is -2.26.